The molecule has 3 aromatic heterocycles. The Balaban J connectivity index is 1.90. The van der Waals surface area contributed by atoms with E-state index in [1.807, 2.05) is 29.3 Å². The van der Waals surface area contributed by atoms with E-state index in [0.29, 0.717) is 6.54 Å². The Bertz CT molecular complexity index is 627. The summed E-state index contributed by atoms with van der Waals surface area (Å²) in [6.07, 6.45) is 9.12. The molecule has 0 radical (unpaired) electrons. The zero-order valence-corrected chi connectivity index (χ0v) is 10.6. The van der Waals surface area contributed by atoms with Gasteiger partial charge in [0.25, 0.3) is 0 Å². The molecule has 0 spiro atoms. The van der Waals surface area contributed by atoms with Gasteiger partial charge in [-0.15, -0.1) is 0 Å². The molecular weight excluding hydrogens is 246 g/mol. The van der Waals surface area contributed by atoms with Crippen molar-refractivity contribution in [2.24, 2.45) is 0 Å². The maximum absolute atomic E-state index is 4.35. The molecule has 0 fully saturated rings. The number of hydrogen-bond acceptors (Lipinski definition) is 5. The normalized spacial score (nSPS) is 10.7. The van der Waals surface area contributed by atoms with Crippen LogP contribution in [0.4, 0.5) is 0 Å². The van der Waals surface area contributed by atoms with Crippen molar-refractivity contribution in [3.8, 4) is 11.4 Å². The molecule has 0 aliphatic heterocycles. The second-order valence-electron chi connectivity index (χ2n) is 3.94. The Labute approximate surface area is 108 Å². The Morgan fingerprint density at radius 3 is 2.83 bits per heavy atom. The van der Waals surface area contributed by atoms with Crippen molar-refractivity contribution in [2.45, 2.75) is 13.5 Å². The van der Waals surface area contributed by atoms with E-state index >= 15 is 0 Å². The van der Waals surface area contributed by atoms with Gasteiger partial charge in [-0.2, -0.15) is 0 Å². The fourth-order valence-electron chi connectivity index (χ4n) is 1.69. The minimum atomic E-state index is 0.665. The monoisotopic (exact) mass is 257 g/mol. The average Bonchev–Trinajstić information content (AvgIpc) is 3.02. The summed E-state index contributed by atoms with van der Waals surface area (Å²) in [6.45, 7) is 2.59. The minimum Gasteiger partial charge on any atom is -0.325 e. The molecule has 0 saturated heterocycles. The van der Waals surface area contributed by atoms with Crippen molar-refractivity contribution in [1.82, 2.24) is 23.9 Å². The van der Waals surface area contributed by atoms with Crippen LogP contribution in [0.5, 0.6) is 0 Å². The van der Waals surface area contributed by atoms with Gasteiger partial charge in [-0.3, -0.25) is 9.97 Å². The molecule has 0 amide bonds. The number of nitrogens with zero attached hydrogens (tertiary/aromatic N) is 5. The van der Waals surface area contributed by atoms with Gasteiger partial charge in [0, 0.05) is 29.5 Å². The number of rotatable bonds is 3. The molecule has 5 nitrogen and oxygen atoms in total. The first-order chi connectivity index (χ1) is 8.83. The van der Waals surface area contributed by atoms with Gasteiger partial charge in [0.1, 0.15) is 5.82 Å². The molecule has 18 heavy (non-hydrogen) atoms. The summed E-state index contributed by atoms with van der Waals surface area (Å²) in [5, 5.41) is 1.99. The lowest BCUT2D eigenvalue weighted by molar-refractivity contribution is 0.773. The van der Waals surface area contributed by atoms with Gasteiger partial charge in [0.2, 0.25) is 0 Å². The first-order valence-electron chi connectivity index (χ1n) is 5.51. The first kappa shape index (κ1) is 11.0. The Hall–Kier alpha value is -2.08. The van der Waals surface area contributed by atoms with E-state index in [1.165, 1.54) is 11.5 Å². The number of hydrogen-bond donors (Lipinski definition) is 0. The summed E-state index contributed by atoms with van der Waals surface area (Å²) in [4.78, 5) is 13.0. The van der Waals surface area contributed by atoms with E-state index in [4.69, 9.17) is 0 Å². The molecule has 6 heteroatoms. The molecule has 0 bridgehead atoms. The Morgan fingerprint density at radius 2 is 2.11 bits per heavy atom. The van der Waals surface area contributed by atoms with Gasteiger partial charge in [0.05, 0.1) is 30.3 Å². The van der Waals surface area contributed by atoms with Crippen LogP contribution < -0.4 is 0 Å². The van der Waals surface area contributed by atoms with Crippen LogP contribution in [0.1, 0.15) is 11.4 Å². The predicted octanol–water partition coefficient (Wildman–Crippen LogP) is 2.15. The zero-order valence-electron chi connectivity index (χ0n) is 9.82. The van der Waals surface area contributed by atoms with Gasteiger partial charge in [-0.1, -0.05) is 0 Å². The standard InChI is InChI=1S/C12H11N5S/c1-9-4-15-11(6-14-9)7-17-3-2-13-12(17)10-5-16-18-8-10/h2-6,8H,7H2,1H3. The summed E-state index contributed by atoms with van der Waals surface area (Å²) in [7, 11) is 0. The quantitative estimate of drug-likeness (QED) is 0.721. The summed E-state index contributed by atoms with van der Waals surface area (Å²) < 4.78 is 6.14. The maximum Gasteiger partial charge on any atom is 0.142 e. The van der Waals surface area contributed by atoms with Crippen LogP contribution in [0.15, 0.2) is 36.4 Å². The van der Waals surface area contributed by atoms with Gasteiger partial charge in [-0.05, 0) is 18.5 Å². The van der Waals surface area contributed by atoms with Gasteiger partial charge in [0.15, 0.2) is 0 Å². The van der Waals surface area contributed by atoms with Crippen molar-refractivity contribution >= 4 is 11.5 Å². The summed E-state index contributed by atoms with van der Waals surface area (Å²) >= 11 is 1.42. The molecule has 0 aliphatic rings. The third-order valence-corrected chi connectivity index (χ3v) is 3.16. The Morgan fingerprint density at radius 1 is 1.17 bits per heavy atom. The fourth-order valence-corrected chi connectivity index (χ4v) is 2.20. The molecule has 0 atom stereocenters. The van der Waals surface area contributed by atoms with Crippen molar-refractivity contribution in [1.29, 1.82) is 0 Å². The first-order valence-corrected chi connectivity index (χ1v) is 6.35. The van der Waals surface area contributed by atoms with Crippen molar-refractivity contribution in [2.75, 3.05) is 0 Å². The van der Waals surface area contributed by atoms with Crippen molar-refractivity contribution in [3.05, 3.63) is 47.8 Å². The van der Waals surface area contributed by atoms with Crippen LogP contribution in [0.25, 0.3) is 11.4 Å². The lowest BCUT2D eigenvalue weighted by Gasteiger charge is -2.05. The highest BCUT2D eigenvalue weighted by molar-refractivity contribution is 7.03. The van der Waals surface area contributed by atoms with Crippen LogP contribution in [-0.4, -0.2) is 23.9 Å². The summed E-state index contributed by atoms with van der Waals surface area (Å²) in [5.74, 6) is 0.908. The molecule has 3 heterocycles. The molecule has 0 N–H and O–H groups in total. The lowest BCUT2D eigenvalue weighted by Crippen LogP contribution is -2.03. The largest absolute Gasteiger partial charge is 0.325 e. The second kappa shape index (κ2) is 4.66. The van der Waals surface area contributed by atoms with Crippen molar-refractivity contribution in [3.63, 3.8) is 0 Å². The van der Waals surface area contributed by atoms with Crippen LogP contribution in [-0.2, 0) is 6.54 Å². The molecule has 0 aliphatic carbocycles. The summed E-state index contributed by atoms with van der Waals surface area (Å²) in [6, 6.07) is 0. The van der Waals surface area contributed by atoms with E-state index < -0.39 is 0 Å². The smallest absolute Gasteiger partial charge is 0.142 e. The topological polar surface area (TPSA) is 56.5 Å². The van der Waals surface area contributed by atoms with Gasteiger partial charge in [-0.25, -0.2) is 9.36 Å². The SMILES string of the molecule is Cc1cnc(Cn2ccnc2-c2cnsc2)cn1. The van der Waals surface area contributed by atoms with Crippen molar-refractivity contribution < 1.29 is 0 Å². The molecule has 0 saturated carbocycles. The maximum atomic E-state index is 4.35. The van der Waals surface area contributed by atoms with Crippen LogP contribution in [0, 0.1) is 6.92 Å². The average molecular weight is 257 g/mol. The lowest BCUT2D eigenvalue weighted by atomic mass is 10.3. The van der Waals surface area contributed by atoms with Gasteiger partial charge < -0.3 is 4.57 Å². The Kier molecular flexibility index (Phi) is 2.85. The van der Waals surface area contributed by atoms with E-state index in [1.54, 1.807) is 18.6 Å². The molecule has 3 rings (SSSR count). The zero-order chi connectivity index (χ0) is 12.4. The number of aryl methyl sites for hydroxylation is 1. The van der Waals surface area contributed by atoms with E-state index in [0.717, 1.165) is 22.8 Å². The predicted molar refractivity (Wildman–Crippen MR) is 69.2 cm³/mol. The highest BCUT2D eigenvalue weighted by atomic mass is 32.1. The van der Waals surface area contributed by atoms with Crippen LogP contribution >= 0.6 is 11.5 Å². The molecular formula is C12H11N5S. The number of aromatic nitrogens is 5. The second-order valence-corrected chi connectivity index (χ2v) is 4.60. The fraction of sp³-hybridized carbons (Fsp3) is 0.167. The molecule has 90 valence electrons. The van der Waals surface area contributed by atoms with Gasteiger partial charge >= 0.3 is 0 Å². The highest BCUT2D eigenvalue weighted by Crippen LogP contribution is 2.18. The van der Waals surface area contributed by atoms with Crippen LogP contribution in [0.3, 0.4) is 0 Å². The van der Waals surface area contributed by atoms with E-state index in [9.17, 15) is 0 Å². The molecule has 3 aromatic rings. The highest BCUT2D eigenvalue weighted by Gasteiger charge is 2.07. The molecule has 0 unspecified atom stereocenters. The van der Waals surface area contributed by atoms with E-state index in [-0.39, 0.29) is 0 Å². The van der Waals surface area contributed by atoms with Crippen LogP contribution in [0.2, 0.25) is 0 Å². The third kappa shape index (κ3) is 2.14. The minimum absolute atomic E-state index is 0.665. The summed E-state index contributed by atoms with van der Waals surface area (Å²) in [5.41, 5.74) is 2.87. The van der Waals surface area contributed by atoms with E-state index in [2.05, 4.69) is 19.3 Å². The third-order valence-electron chi connectivity index (χ3n) is 2.57. The number of imidazole rings is 1. The molecule has 0 aromatic carbocycles.